The van der Waals surface area contributed by atoms with E-state index in [4.69, 9.17) is 0 Å². The Morgan fingerprint density at radius 3 is 2.36 bits per heavy atom. The maximum absolute atomic E-state index is 12.2. The first-order valence-corrected chi connectivity index (χ1v) is 9.70. The molecule has 0 bridgehead atoms. The van der Waals surface area contributed by atoms with Crippen molar-refractivity contribution in [2.24, 2.45) is 5.92 Å². The molecule has 0 aliphatic heterocycles. The fraction of sp³-hybridized carbons (Fsp3) is 0.263. The predicted molar refractivity (Wildman–Crippen MR) is 104 cm³/mol. The van der Waals surface area contributed by atoms with E-state index in [-0.39, 0.29) is 17.7 Å². The molecule has 2 atom stereocenters. The molecule has 1 aliphatic carbocycles. The van der Waals surface area contributed by atoms with E-state index in [2.05, 4.69) is 54.6 Å². The van der Waals surface area contributed by atoms with Crippen molar-refractivity contribution in [2.75, 3.05) is 13.1 Å². The van der Waals surface area contributed by atoms with Crippen LogP contribution in [0.15, 0.2) is 57.5 Å². The third-order valence-corrected chi connectivity index (χ3v) is 5.19. The number of amides is 2. The highest BCUT2D eigenvalue weighted by molar-refractivity contribution is 9.10. The van der Waals surface area contributed by atoms with Crippen LogP contribution in [0.3, 0.4) is 0 Å². The Morgan fingerprint density at radius 2 is 1.64 bits per heavy atom. The van der Waals surface area contributed by atoms with Gasteiger partial charge in [-0.1, -0.05) is 50.1 Å². The molecule has 6 heteroatoms. The van der Waals surface area contributed by atoms with Gasteiger partial charge in [-0.15, -0.1) is 0 Å². The Labute approximate surface area is 163 Å². The van der Waals surface area contributed by atoms with Crippen molar-refractivity contribution in [3.8, 4) is 0 Å². The lowest BCUT2D eigenvalue weighted by atomic mass is 10.1. The third-order valence-electron chi connectivity index (χ3n) is 4.20. The first-order valence-electron chi connectivity index (χ1n) is 8.11. The highest BCUT2D eigenvalue weighted by atomic mass is 79.9. The van der Waals surface area contributed by atoms with Crippen molar-refractivity contribution >= 4 is 43.7 Å². The van der Waals surface area contributed by atoms with Crippen LogP contribution in [-0.2, 0) is 4.79 Å². The van der Waals surface area contributed by atoms with Crippen LogP contribution in [-0.4, -0.2) is 24.9 Å². The summed E-state index contributed by atoms with van der Waals surface area (Å²) >= 11 is 6.80. The van der Waals surface area contributed by atoms with Gasteiger partial charge in [-0.3, -0.25) is 9.59 Å². The van der Waals surface area contributed by atoms with E-state index in [0.717, 1.165) is 15.4 Å². The first-order chi connectivity index (χ1) is 12.0. The zero-order valence-corrected chi connectivity index (χ0v) is 16.6. The lowest BCUT2D eigenvalue weighted by Gasteiger charge is -2.07. The quantitative estimate of drug-likeness (QED) is 0.636. The summed E-state index contributed by atoms with van der Waals surface area (Å²) in [6.07, 6.45) is 0.882. The molecular formula is C19H18Br2N2O2. The smallest absolute Gasteiger partial charge is 0.251 e. The molecule has 2 amide bonds. The van der Waals surface area contributed by atoms with Crippen LogP contribution >= 0.6 is 31.9 Å². The lowest BCUT2D eigenvalue weighted by Crippen LogP contribution is -2.35. The van der Waals surface area contributed by atoms with Crippen LogP contribution in [0, 0.1) is 5.92 Å². The van der Waals surface area contributed by atoms with Crippen molar-refractivity contribution in [3.05, 3.63) is 68.6 Å². The number of nitrogens with one attached hydrogen (secondary N) is 2. The minimum atomic E-state index is -0.144. The molecule has 0 spiro atoms. The average molecular weight is 466 g/mol. The summed E-state index contributed by atoms with van der Waals surface area (Å²) in [6, 6.07) is 15.3. The fourth-order valence-electron chi connectivity index (χ4n) is 2.81. The number of hydrogen-bond acceptors (Lipinski definition) is 2. The zero-order chi connectivity index (χ0) is 17.8. The fourth-order valence-corrected chi connectivity index (χ4v) is 3.63. The zero-order valence-electron chi connectivity index (χ0n) is 13.5. The molecule has 25 heavy (non-hydrogen) atoms. The molecule has 2 unspecified atom stereocenters. The number of rotatable bonds is 6. The molecule has 1 saturated carbocycles. The molecule has 1 fully saturated rings. The molecule has 3 rings (SSSR count). The number of carbonyl (C=O) groups is 2. The average Bonchev–Trinajstić information content (AvgIpc) is 3.39. The van der Waals surface area contributed by atoms with Crippen molar-refractivity contribution < 1.29 is 9.59 Å². The second-order valence-electron chi connectivity index (χ2n) is 6.06. The number of carbonyl (C=O) groups excluding carboxylic acids is 2. The summed E-state index contributed by atoms with van der Waals surface area (Å²) in [4.78, 5) is 24.2. The van der Waals surface area contributed by atoms with E-state index < -0.39 is 0 Å². The highest BCUT2D eigenvalue weighted by Crippen LogP contribution is 2.47. The molecule has 4 nitrogen and oxygen atoms in total. The van der Waals surface area contributed by atoms with Gasteiger partial charge >= 0.3 is 0 Å². The minimum absolute atomic E-state index is 0.0371. The Balaban J connectivity index is 1.40. The second kappa shape index (κ2) is 8.15. The van der Waals surface area contributed by atoms with E-state index in [1.165, 1.54) is 5.56 Å². The summed E-state index contributed by atoms with van der Waals surface area (Å²) < 4.78 is 1.90. The largest absolute Gasteiger partial charge is 0.354 e. The van der Waals surface area contributed by atoms with Crippen LogP contribution in [0.4, 0.5) is 0 Å². The van der Waals surface area contributed by atoms with Crippen molar-refractivity contribution in [2.45, 2.75) is 12.3 Å². The van der Waals surface area contributed by atoms with Crippen LogP contribution in [0.5, 0.6) is 0 Å². The van der Waals surface area contributed by atoms with E-state index in [9.17, 15) is 9.59 Å². The van der Waals surface area contributed by atoms with Crippen molar-refractivity contribution in [3.63, 3.8) is 0 Å². The SMILES string of the molecule is O=C(NCCNC(=O)C1CC1c1cccc(Br)c1)c1cccc(Br)c1. The summed E-state index contributed by atoms with van der Waals surface area (Å²) in [5.41, 5.74) is 1.79. The van der Waals surface area contributed by atoms with Gasteiger partial charge in [-0.2, -0.15) is 0 Å². The van der Waals surface area contributed by atoms with Gasteiger partial charge in [0.25, 0.3) is 5.91 Å². The van der Waals surface area contributed by atoms with Crippen LogP contribution < -0.4 is 10.6 Å². The molecular weight excluding hydrogens is 448 g/mol. The summed E-state index contributed by atoms with van der Waals surface area (Å²) in [5, 5.41) is 5.71. The molecule has 1 aliphatic rings. The molecule has 130 valence electrons. The normalized spacial score (nSPS) is 18.5. The standard InChI is InChI=1S/C19H18Br2N2O2/c20-14-5-1-3-12(9-14)16-11-17(16)19(25)23-8-7-22-18(24)13-4-2-6-15(21)10-13/h1-6,9-10,16-17H,7-8,11H2,(H,22,24)(H,23,25). The maximum atomic E-state index is 12.2. The predicted octanol–water partition coefficient (Wildman–Crippen LogP) is 3.86. The monoisotopic (exact) mass is 464 g/mol. The van der Waals surface area contributed by atoms with Gasteiger partial charge in [0.2, 0.25) is 5.91 Å². The van der Waals surface area contributed by atoms with Crippen LogP contribution in [0.25, 0.3) is 0 Å². The van der Waals surface area contributed by atoms with E-state index >= 15 is 0 Å². The number of hydrogen-bond donors (Lipinski definition) is 2. The molecule has 2 aromatic rings. The Morgan fingerprint density at radius 1 is 0.960 bits per heavy atom. The summed E-state index contributed by atoms with van der Waals surface area (Å²) in [6.45, 7) is 0.839. The maximum Gasteiger partial charge on any atom is 0.251 e. The van der Waals surface area contributed by atoms with Crippen LogP contribution in [0.1, 0.15) is 28.3 Å². The van der Waals surface area contributed by atoms with Gasteiger partial charge in [-0.25, -0.2) is 0 Å². The Kier molecular flexibility index (Phi) is 5.91. The molecule has 0 radical (unpaired) electrons. The number of benzene rings is 2. The van der Waals surface area contributed by atoms with Crippen LogP contribution in [0.2, 0.25) is 0 Å². The Hall–Kier alpha value is -1.66. The highest BCUT2D eigenvalue weighted by Gasteiger charge is 2.43. The van der Waals surface area contributed by atoms with Gasteiger partial charge in [-0.05, 0) is 48.2 Å². The Bertz CT molecular complexity index is 794. The van der Waals surface area contributed by atoms with Gasteiger partial charge in [0, 0.05) is 33.5 Å². The van der Waals surface area contributed by atoms with Crippen molar-refractivity contribution in [1.82, 2.24) is 10.6 Å². The second-order valence-corrected chi connectivity index (χ2v) is 7.89. The molecule has 0 aromatic heterocycles. The van der Waals surface area contributed by atoms with E-state index in [1.54, 1.807) is 12.1 Å². The topological polar surface area (TPSA) is 58.2 Å². The lowest BCUT2D eigenvalue weighted by molar-refractivity contribution is -0.122. The van der Waals surface area contributed by atoms with Gasteiger partial charge in [0.05, 0.1) is 0 Å². The summed E-state index contributed by atoms with van der Waals surface area (Å²) in [7, 11) is 0. The van der Waals surface area contributed by atoms with Gasteiger partial charge < -0.3 is 10.6 Å². The number of halogens is 2. The first kappa shape index (κ1) is 18.1. The molecule has 0 heterocycles. The van der Waals surface area contributed by atoms with Crippen molar-refractivity contribution in [1.29, 1.82) is 0 Å². The van der Waals surface area contributed by atoms with Gasteiger partial charge in [0.15, 0.2) is 0 Å². The molecule has 0 saturated heterocycles. The summed E-state index contributed by atoms with van der Waals surface area (Å²) in [5.74, 6) is 0.250. The molecule has 2 N–H and O–H groups in total. The van der Waals surface area contributed by atoms with E-state index in [0.29, 0.717) is 24.6 Å². The molecule has 2 aromatic carbocycles. The third kappa shape index (κ3) is 4.92. The van der Waals surface area contributed by atoms with E-state index in [1.807, 2.05) is 24.3 Å². The van der Waals surface area contributed by atoms with Gasteiger partial charge in [0.1, 0.15) is 0 Å². The minimum Gasteiger partial charge on any atom is -0.354 e.